The molecule has 1 fully saturated rings. The monoisotopic (exact) mass is 417 g/mol. The largest absolute Gasteiger partial charge is 0.469 e. The van der Waals surface area contributed by atoms with Gasteiger partial charge in [-0.3, -0.25) is 9.59 Å². The first-order chi connectivity index (χ1) is 14.4. The van der Waals surface area contributed by atoms with Gasteiger partial charge in [-0.05, 0) is 51.6 Å². The number of ether oxygens (including phenoxy) is 1. The van der Waals surface area contributed by atoms with E-state index in [0.717, 1.165) is 50.5 Å². The molecule has 0 aliphatic carbocycles. The van der Waals surface area contributed by atoms with Crippen molar-refractivity contribution in [1.29, 1.82) is 0 Å². The van der Waals surface area contributed by atoms with Crippen LogP contribution in [0, 0.1) is 5.92 Å². The van der Waals surface area contributed by atoms with Gasteiger partial charge in [0.05, 0.1) is 19.6 Å². The maximum Gasteiger partial charge on any atom is 0.308 e. The SMILES string of the molecule is CCNC(=NCc1cccc(C(=O)NCCN(C)C)c1)N1CCC(C(=O)OC)CC1. The molecule has 1 aliphatic rings. The van der Waals surface area contributed by atoms with Crippen LogP contribution in [0.25, 0.3) is 0 Å². The number of likely N-dealkylation sites (tertiary alicyclic amines) is 1. The fourth-order valence-electron chi connectivity index (χ4n) is 3.39. The number of amides is 1. The topological polar surface area (TPSA) is 86.3 Å². The average Bonchev–Trinajstić information content (AvgIpc) is 2.76. The van der Waals surface area contributed by atoms with Gasteiger partial charge >= 0.3 is 5.97 Å². The molecule has 0 aromatic heterocycles. The van der Waals surface area contributed by atoms with Crippen molar-refractivity contribution in [3.8, 4) is 0 Å². The van der Waals surface area contributed by atoms with Crippen molar-refractivity contribution < 1.29 is 14.3 Å². The molecule has 8 heteroatoms. The third-order valence-electron chi connectivity index (χ3n) is 5.11. The molecule has 2 rings (SSSR count). The zero-order valence-electron chi connectivity index (χ0n) is 18.6. The van der Waals surface area contributed by atoms with Crippen LogP contribution in [0.15, 0.2) is 29.3 Å². The van der Waals surface area contributed by atoms with E-state index < -0.39 is 0 Å². The average molecular weight is 418 g/mol. The summed E-state index contributed by atoms with van der Waals surface area (Å²) in [5.41, 5.74) is 1.63. The van der Waals surface area contributed by atoms with Crippen LogP contribution >= 0.6 is 0 Å². The zero-order valence-corrected chi connectivity index (χ0v) is 18.6. The summed E-state index contributed by atoms with van der Waals surface area (Å²) in [4.78, 5) is 33.1. The molecular weight excluding hydrogens is 382 g/mol. The molecule has 0 spiro atoms. The van der Waals surface area contributed by atoms with Crippen LogP contribution in [0.3, 0.4) is 0 Å². The number of likely N-dealkylation sites (N-methyl/N-ethyl adjacent to an activating group) is 1. The van der Waals surface area contributed by atoms with Crippen LogP contribution in [0.4, 0.5) is 0 Å². The third-order valence-corrected chi connectivity index (χ3v) is 5.11. The Kier molecular flexibility index (Phi) is 9.60. The first-order valence-corrected chi connectivity index (χ1v) is 10.6. The highest BCUT2D eigenvalue weighted by Crippen LogP contribution is 2.18. The highest BCUT2D eigenvalue weighted by molar-refractivity contribution is 5.94. The van der Waals surface area contributed by atoms with Gasteiger partial charge in [-0.2, -0.15) is 0 Å². The standard InChI is InChI=1S/C22H35N5O3/c1-5-23-22(27-12-9-18(10-13-27)21(29)30-4)25-16-17-7-6-8-19(15-17)20(28)24-11-14-26(2)3/h6-8,15,18H,5,9-14,16H2,1-4H3,(H,23,25)(H,24,28). The molecule has 8 nitrogen and oxygen atoms in total. The van der Waals surface area contributed by atoms with Crippen LogP contribution in [0.5, 0.6) is 0 Å². The quantitative estimate of drug-likeness (QED) is 0.377. The summed E-state index contributed by atoms with van der Waals surface area (Å²) in [6, 6.07) is 7.58. The van der Waals surface area contributed by atoms with Gasteiger partial charge in [-0.15, -0.1) is 0 Å². The molecule has 1 aliphatic heterocycles. The fourth-order valence-corrected chi connectivity index (χ4v) is 3.39. The number of carbonyl (C=O) groups excluding carboxylic acids is 2. The predicted molar refractivity (Wildman–Crippen MR) is 118 cm³/mol. The highest BCUT2D eigenvalue weighted by atomic mass is 16.5. The Balaban J connectivity index is 1.98. The lowest BCUT2D eigenvalue weighted by Crippen LogP contribution is -2.46. The second-order valence-corrected chi connectivity index (χ2v) is 7.71. The summed E-state index contributed by atoms with van der Waals surface area (Å²) >= 11 is 0. The van der Waals surface area contributed by atoms with Crippen molar-refractivity contribution in [2.45, 2.75) is 26.3 Å². The molecule has 0 saturated carbocycles. The molecule has 0 radical (unpaired) electrons. The summed E-state index contributed by atoms with van der Waals surface area (Å²) in [6.07, 6.45) is 1.53. The minimum Gasteiger partial charge on any atom is -0.469 e. The van der Waals surface area contributed by atoms with E-state index in [4.69, 9.17) is 9.73 Å². The fraction of sp³-hybridized carbons (Fsp3) is 0.591. The first kappa shape index (κ1) is 23.7. The number of hydrogen-bond donors (Lipinski definition) is 2. The number of guanidine groups is 1. The summed E-state index contributed by atoms with van der Waals surface area (Å²) in [6.45, 7) is 6.23. The van der Waals surface area contributed by atoms with Crippen molar-refractivity contribution in [3.63, 3.8) is 0 Å². The number of carbonyl (C=O) groups is 2. The van der Waals surface area contributed by atoms with Crippen molar-refractivity contribution >= 4 is 17.8 Å². The molecular formula is C22H35N5O3. The van der Waals surface area contributed by atoms with Gasteiger partial charge < -0.3 is 25.2 Å². The van der Waals surface area contributed by atoms with E-state index in [1.807, 2.05) is 50.2 Å². The number of hydrogen-bond acceptors (Lipinski definition) is 5. The minimum absolute atomic E-state index is 0.0307. The minimum atomic E-state index is -0.128. The molecule has 0 atom stereocenters. The van der Waals surface area contributed by atoms with Gasteiger partial charge in [0, 0.05) is 38.3 Å². The number of nitrogens with zero attached hydrogens (tertiary/aromatic N) is 3. The molecule has 166 valence electrons. The van der Waals surface area contributed by atoms with Gasteiger partial charge in [0.25, 0.3) is 5.91 Å². The second kappa shape index (κ2) is 12.2. The lowest BCUT2D eigenvalue weighted by atomic mass is 9.97. The number of aliphatic imine (C=N–C) groups is 1. The van der Waals surface area contributed by atoms with Crippen LogP contribution in [-0.2, 0) is 16.1 Å². The summed E-state index contributed by atoms with van der Waals surface area (Å²) in [7, 11) is 5.39. The first-order valence-electron chi connectivity index (χ1n) is 10.6. The number of rotatable bonds is 8. The molecule has 0 bridgehead atoms. The van der Waals surface area contributed by atoms with E-state index in [1.54, 1.807) is 0 Å². The Hall–Kier alpha value is -2.61. The van der Waals surface area contributed by atoms with Crippen molar-refractivity contribution in [3.05, 3.63) is 35.4 Å². The third kappa shape index (κ3) is 7.33. The Bertz CT molecular complexity index is 727. The molecule has 1 aromatic carbocycles. The Morgan fingerprint density at radius 2 is 1.97 bits per heavy atom. The molecule has 1 amide bonds. The van der Waals surface area contributed by atoms with E-state index in [-0.39, 0.29) is 17.8 Å². The van der Waals surface area contributed by atoms with Gasteiger partial charge in [0.2, 0.25) is 0 Å². The number of methoxy groups -OCH3 is 1. The smallest absolute Gasteiger partial charge is 0.308 e. The molecule has 30 heavy (non-hydrogen) atoms. The molecule has 2 N–H and O–H groups in total. The van der Waals surface area contributed by atoms with Gasteiger partial charge in [-0.25, -0.2) is 4.99 Å². The maximum absolute atomic E-state index is 12.4. The Labute approximate surface area is 179 Å². The Morgan fingerprint density at radius 3 is 2.60 bits per heavy atom. The number of benzene rings is 1. The van der Waals surface area contributed by atoms with Crippen LogP contribution < -0.4 is 10.6 Å². The van der Waals surface area contributed by atoms with E-state index in [9.17, 15) is 9.59 Å². The molecule has 1 saturated heterocycles. The van der Waals surface area contributed by atoms with Crippen molar-refractivity contribution in [2.24, 2.45) is 10.9 Å². The van der Waals surface area contributed by atoms with Gasteiger partial charge in [0.1, 0.15) is 0 Å². The predicted octanol–water partition coefficient (Wildman–Crippen LogP) is 1.33. The number of nitrogens with one attached hydrogen (secondary N) is 2. The van der Waals surface area contributed by atoms with E-state index in [1.165, 1.54) is 7.11 Å². The van der Waals surface area contributed by atoms with Crippen molar-refractivity contribution in [2.75, 3.05) is 53.9 Å². The summed E-state index contributed by atoms with van der Waals surface area (Å²) < 4.78 is 4.87. The normalized spacial score (nSPS) is 15.2. The van der Waals surface area contributed by atoms with Crippen LogP contribution in [-0.4, -0.2) is 81.6 Å². The van der Waals surface area contributed by atoms with E-state index in [2.05, 4.69) is 15.5 Å². The number of piperidine rings is 1. The zero-order chi connectivity index (χ0) is 21.9. The maximum atomic E-state index is 12.4. The molecule has 1 aromatic rings. The summed E-state index contributed by atoms with van der Waals surface area (Å²) in [5, 5.41) is 6.27. The van der Waals surface area contributed by atoms with E-state index in [0.29, 0.717) is 18.7 Å². The van der Waals surface area contributed by atoms with Crippen molar-refractivity contribution in [1.82, 2.24) is 20.4 Å². The summed E-state index contributed by atoms with van der Waals surface area (Å²) in [5.74, 6) is 0.607. The molecule has 1 heterocycles. The van der Waals surface area contributed by atoms with Gasteiger partial charge in [0.15, 0.2) is 5.96 Å². The molecule has 0 unspecified atom stereocenters. The van der Waals surface area contributed by atoms with E-state index >= 15 is 0 Å². The van der Waals surface area contributed by atoms with Crippen LogP contribution in [0.1, 0.15) is 35.7 Å². The lowest BCUT2D eigenvalue weighted by Gasteiger charge is -2.33. The van der Waals surface area contributed by atoms with Crippen LogP contribution in [0.2, 0.25) is 0 Å². The second-order valence-electron chi connectivity index (χ2n) is 7.71. The lowest BCUT2D eigenvalue weighted by molar-refractivity contribution is -0.146. The number of esters is 1. The highest BCUT2D eigenvalue weighted by Gasteiger charge is 2.26. The van der Waals surface area contributed by atoms with Gasteiger partial charge in [-0.1, -0.05) is 12.1 Å². The Morgan fingerprint density at radius 1 is 1.23 bits per heavy atom.